The predicted octanol–water partition coefficient (Wildman–Crippen LogP) is 3.68. The van der Waals surface area contributed by atoms with E-state index in [1.54, 1.807) is 11.0 Å². The van der Waals surface area contributed by atoms with Gasteiger partial charge in [-0.05, 0) is 24.6 Å². The van der Waals surface area contributed by atoms with Crippen LogP contribution >= 0.6 is 27.5 Å². The number of nitrogens with zero attached hydrogens (tertiary/aromatic N) is 1. The Labute approximate surface area is 114 Å². The van der Waals surface area contributed by atoms with Gasteiger partial charge in [0.2, 0.25) is 0 Å². The molecule has 0 N–H and O–H groups in total. The third kappa shape index (κ3) is 3.96. The minimum atomic E-state index is -0.506. The molecule has 0 aromatic heterocycles. The largest absolute Gasteiger partial charge is 0.337 e. The van der Waals surface area contributed by atoms with Crippen molar-refractivity contribution in [3.8, 4) is 0 Å². The van der Waals surface area contributed by atoms with Crippen molar-refractivity contribution >= 4 is 33.4 Å². The molecule has 0 aliphatic rings. The molecule has 0 saturated heterocycles. The number of halogens is 3. The second-order valence-electron chi connectivity index (χ2n) is 3.61. The van der Waals surface area contributed by atoms with Crippen molar-refractivity contribution in [2.45, 2.75) is 13.3 Å². The summed E-state index contributed by atoms with van der Waals surface area (Å²) in [6.07, 6.45) is 0.818. The van der Waals surface area contributed by atoms with Gasteiger partial charge in [0.05, 0.1) is 5.56 Å². The van der Waals surface area contributed by atoms with Gasteiger partial charge in [-0.25, -0.2) is 4.39 Å². The Morgan fingerprint density at radius 1 is 1.47 bits per heavy atom. The van der Waals surface area contributed by atoms with Gasteiger partial charge in [-0.15, -0.1) is 11.6 Å². The Bertz CT molecular complexity index is 394. The zero-order valence-corrected chi connectivity index (χ0v) is 11.9. The Kier molecular flexibility index (Phi) is 5.92. The molecule has 0 bridgehead atoms. The second kappa shape index (κ2) is 6.97. The van der Waals surface area contributed by atoms with Crippen LogP contribution in [0.4, 0.5) is 4.39 Å². The Balaban J connectivity index is 2.95. The van der Waals surface area contributed by atoms with E-state index in [1.807, 2.05) is 6.92 Å². The Hall–Kier alpha value is -0.610. The summed E-state index contributed by atoms with van der Waals surface area (Å²) in [5, 5.41) is 0. The Morgan fingerprint density at radius 3 is 2.76 bits per heavy atom. The molecule has 0 fully saturated rings. The van der Waals surface area contributed by atoms with Crippen LogP contribution in [0.5, 0.6) is 0 Å². The molecule has 0 saturated carbocycles. The van der Waals surface area contributed by atoms with Gasteiger partial charge in [-0.3, -0.25) is 4.79 Å². The SMILES string of the molecule is CCCN(CCCl)C(=O)c1cc(Br)ccc1F. The number of carbonyl (C=O) groups excluding carboxylic acids is 1. The summed E-state index contributed by atoms with van der Waals surface area (Å²) in [6, 6.07) is 4.34. The van der Waals surface area contributed by atoms with Crippen LogP contribution in [0.2, 0.25) is 0 Å². The number of benzene rings is 1. The highest BCUT2D eigenvalue weighted by Gasteiger charge is 2.18. The number of hydrogen-bond donors (Lipinski definition) is 0. The third-order valence-electron chi connectivity index (χ3n) is 2.29. The first-order valence-electron chi connectivity index (χ1n) is 5.40. The Morgan fingerprint density at radius 2 is 2.18 bits per heavy atom. The van der Waals surface area contributed by atoms with E-state index in [0.29, 0.717) is 23.4 Å². The second-order valence-corrected chi connectivity index (χ2v) is 4.90. The summed E-state index contributed by atoms with van der Waals surface area (Å²) in [4.78, 5) is 13.7. The first-order chi connectivity index (χ1) is 8.10. The van der Waals surface area contributed by atoms with E-state index >= 15 is 0 Å². The van der Waals surface area contributed by atoms with Gasteiger partial charge < -0.3 is 4.90 Å². The minimum Gasteiger partial charge on any atom is -0.337 e. The van der Waals surface area contributed by atoms with Gasteiger partial charge in [0, 0.05) is 23.4 Å². The molecule has 1 aromatic rings. The van der Waals surface area contributed by atoms with Crippen LogP contribution in [0, 0.1) is 5.82 Å². The highest BCUT2D eigenvalue weighted by Crippen LogP contribution is 2.17. The molecule has 0 heterocycles. The maximum atomic E-state index is 13.6. The molecule has 0 unspecified atom stereocenters. The number of amides is 1. The van der Waals surface area contributed by atoms with Crippen molar-refractivity contribution in [3.63, 3.8) is 0 Å². The van der Waals surface area contributed by atoms with E-state index in [1.165, 1.54) is 12.1 Å². The van der Waals surface area contributed by atoms with Crippen molar-refractivity contribution in [1.29, 1.82) is 0 Å². The van der Waals surface area contributed by atoms with Gasteiger partial charge in [-0.1, -0.05) is 22.9 Å². The van der Waals surface area contributed by atoms with Crippen molar-refractivity contribution < 1.29 is 9.18 Å². The first-order valence-corrected chi connectivity index (χ1v) is 6.73. The fraction of sp³-hybridized carbons (Fsp3) is 0.417. The van der Waals surface area contributed by atoms with Crippen LogP contribution in [-0.4, -0.2) is 29.8 Å². The molecule has 5 heteroatoms. The summed E-state index contributed by atoms with van der Waals surface area (Å²) < 4.78 is 14.2. The quantitative estimate of drug-likeness (QED) is 0.757. The summed E-state index contributed by atoms with van der Waals surface area (Å²) in [5.74, 6) is -0.471. The summed E-state index contributed by atoms with van der Waals surface area (Å²) >= 11 is 8.87. The number of alkyl halides is 1. The molecule has 0 radical (unpaired) electrons. The number of rotatable bonds is 5. The topological polar surface area (TPSA) is 20.3 Å². The van der Waals surface area contributed by atoms with E-state index in [-0.39, 0.29) is 11.5 Å². The van der Waals surface area contributed by atoms with E-state index in [0.717, 1.165) is 6.42 Å². The highest BCUT2D eigenvalue weighted by molar-refractivity contribution is 9.10. The average molecular weight is 323 g/mol. The lowest BCUT2D eigenvalue weighted by atomic mass is 10.2. The molecule has 17 heavy (non-hydrogen) atoms. The minimum absolute atomic E-state index is 0.0814. The van der Waals surface area contributed by atoms with Gasteiger partial charge in [0.15, 0.2) is 0 Å². The molecular weight excluding hydrogens is 308 g/mol. The average Bonchev–Trinajstić information content (AvgIpc) is 2.31. The smallest absolute Gasteiger partial charge is 0.256 e. The summed E-state index contributed by atoms with van der Waals surface area (Å²) in [5.41, 5.74) is 0.0814. The molecule has 0 aliphatic carbocycles. The lowest BCUT2D eigenvalue weighted by molar-refractivity contribution is 0.0761. The van der Waals surface area contributed by atoms with E-state index < -0.39 is 5.82 Å². The van der Waals surface area contributed by atoms with Crippen LogP contribution in [0.3, 0.4) is 0 Å². The lowest BCUT2D eigenvalue weighted by Crippen LogP contribution is -2.34. The monoisotopic (exact) mass is 321 g/mol. The van der Waals surface area contributed by atoms with Crippen LogP contribution in [-0.2, 0) is 0 Å². The third-order valence-corrected chi connectivity index (χ3v) is 2.96. The maximum absolute atomic E-state index is 13.6. The normalized spacial score (nSPS) is 10.4. The highest BCUT2D eigenvalue weighted by atomic mass is 79.9. The van der Waals surface area contributed by atoms with Crippen LogP contribution < -0.4 is 0 Å². The molecule has 1 aromatic carbocycles. The molecule has 2 nitrogen and oxygen atoms in total. The van der Waals surface area contributed by atoms with E-state index in [9.17, 15) is 9.18 Å². The standard InChI is InChI=1S/C12H14BrClFNO/c1-2-6-16(7-5-14)12(17)10-8-9(13)3-4-11(10)15/h3-4,8H,2,5-7H2,1H3. The van der Waals surface area contributed by atoms with E-state index in [2.05, 4.69) is 15.9 Å². The zero-order valence-electron chi connectivity index (χ0n) is 9.55. The van der Waals surface area contributed by atoms with Crippen LogP contribution in [0.25, 0.3) is 0 Å². The van der Waals surface area contributed by atoms with Crippen LogP contribution in [0.1, 0.15) is 23.7 Å². The van der Waals surface area contributed by atoms with Crippen molar-refractivity contribution in [2.24, 2.45) is 0 Å². The molecule has 1 amide bonds. The molecule has 0 aliphatic heterocycles. The van der Waals surface area contributed by atoms with Crippen molar-refractivity contribution in [2.75, 3.05) is 19.0 Å². The summed E-state index contributed by atoms with van der Waals surface area (Å²) in [6.45, 7) is 2.98. The summed E-state index contributed by atoms with van der Waals surface area (Å²) in [7, 11) is 0. The van der Waals surface area contributed by atoms with Gasteiger partial charge in [0.25, 0.3) is 5.91 Å². The molecular formula is C12H14BrClFNO. The van der Waals surface area contributed by atoms with E-state index in [4.69, 9.17) is 11.6 Å². The number of hydrogen-bond acceptors (Lipinski definition) is 1. The van der Waals surface area contributed by atoms with Gasteiger partial charge in [0.1, 0.15) is 5.82 Å². The molecule has 0 spiro atoms. The lowest BCUT2D eigenvalue weighted by Gasteiger charge is -2.21. The van der Waals surface area contributed by atoms with Crippen molar-refractivity contribution in [3.05, 3.63) is 34.1 Å². The van der Waals surface area contributed by atoms with Gasteiger partial charge in [-0.2, -0.15) is 0 Å². The molecule has 1 rings (SSSR count). The maximum Gasteiger partial charge on any atom is 0.256 e. The molecule has 0 atom stereocenters. The number of carbonyl (C=O) groups is 1. The predicted molar refractivity (Wildman–Crippen MR) is 71.0 cm³/mol. The van der Waals surface area contributed by atoms with Gasteiger partial charge >= 0.3 is 0 Å². The fourth-order valence-electron chi connectivity index (χ4n) is 1.52. The first kappa shape index (κ1) is 14.5. The zero-order chi connectivity index (χ0) is 12.8. The molecule has 94 valence electrons. The van der Waals surface area contributed by atoms with Crippen LogP contribution in [0.15, 0.2) is 22.7 Å². The van der Waals surface area contributed by atoms with Crippen molar-refractivity contribution in [1.82, 2.24) is 4.90 Å². The fourth-order valence-corrected chi connectivity index (χ4v) is 2.08.